The lowest BCUT2D eigenvalue weighted by Gasteiger charge is -2.43. The van der Waals surface area contributed by atoms with E-state index in [2.05, 4.69) is 22.1 Å². The van der Waals surface area contributed by atoms with E-state index < -0.39 is 51.8 Å². The summed E-state index contributed by atoms with van der Waals surface area (Å²) in [6.07, 6.45) is -3.93. The molecule has 1 aliphatic carbocycles. The first-order chi connectivity index (χ1) is 20.3. The van der Waals surface area contributed by atoms with Gasteiger partial charge in [-0.3, -0.25) is 4.79 Å². The van der Waals surface area contributed by atoms with Crippen molar-refractivity contribution in [2.75, 3.05) is 44.2 Å². The lowest BCUT2D eigenvalue weighted by molar-refractivity contribution is -0.142. The highest BCUT2D eigenvalue weighted by Crippen LogP contribution is 2.52. The third-order valence-electron chi connectivity index (χ3n) is 8.43. The van der Waals surface area contributed by atoms with Crippen molar-refractivity contribution in [3.05, 3.63) is 64.0 Å². The van der Waals surface area contributed by atoms with Gasteiger partial charge in [-0.15, -0.1) is 0 Å². The van der Waals surface area contributed by atoms with Crippen molar-refractivity contribution in [2.45, 2.75) is 44.5 Å². The molecule has 2 fully saturated rings. The molecule has 2 N–H and O–H groups in total. The zero-order valence-corrected chi connectivity index (χ0v) is 23.5. The van der Waals surface area contributed by atoms with Crippen LogP contribution in [-0.2, 0) is 16.6 Å². The van der Waals surface area contributed by atoms with Gasteiger partial charge in [-0.25, -0.2) is 18.0 Å². The second-order valence-corrected chi connectivity index (χ2v) is 11.0. The zero-order valence-electron chi connectivity index (χ0n) is 23.5. The van der Waals surface area contributed by atoms with Crippen LogP contribution in [0.1, 0.15) is 48.9 Å². The Morgan fingerprint density at radius 3 is 2.26 bits per heavy atom. The lowest BCUT2D eigenvalue weighted by atomic mass is 9.78. The van der Waals surface area contributed by atoms with Gasteiger partial charge in [0, 0.05) is 48.9 Å². The molecular weight excluding hydrogens is 578 g/mol. The predicted octanol–water partition coefficient (Wildman–Crippen LogP) is 4.20. The SMILES string of the molecule is CCN(CC)[C@H]1C[C@H](CN2C(=O)C(O)(c3c(F)cc(F)cc3F)c3c2cc(C#CCN2CCNC2=O)cc3C(F)(F)F)C1. The first-order valence-electron chi connectivity index (χ1n) is 14.0. The summed E-state index contributed by atoms with van der Waals surface area (Å²) in [7, 11) is 0. The molecule has 2 aromatic carbocycles. The Balaban J connectivity index is 1.62. The summed E-state index contributed by atoms with van der Waals surface area (Å²) >= 11 is 0. The van der Waals surface area contributed by atoms with E-state index in [0.717, 1.165) is 24.1 Å². The van der Waals surface area contributed by atoms with Crippen molar-refractivity contribution in [3.8, 4) is 11.8 Å². The average Bonchev–Trinajstić information content (AvgIpc) is 3.40. The summed E-state index contributed by atoms with van der Waals surface area (Å²) in [5.74, 6) is -1.06. The van der Waals surface area contributed by atoms with Crippen molar-refractivity contribution in [3.63, 3.8) is 0 Å². The minimum atomic E-state index is -5.18. The van der Waals surface area contributed by atoms with Crippen LogP contribution in [0.5, 0.6) is 0 Å². The van der Waals surface area contributed by atoms with Crippen molar-refractivity contribution in [1.82, 2.24) is 15.1 Å². The van der Waals surface area contributed by atoms with Crippen LogP contribution in [-0.4, -0.2) is 72.2 Å². The van der Waals surface area contributed by atoms with Crippen LogP contribution < -0.4 is 10.2 Å². The molecule has 0 aromatic heterocycles. The van der Waals surface area contributed by atoms with Crippen molar-refractivity contribution < 1.29 is 41.0 Å². The van der Waals surface area contributed by atoms with Gasteiger partial charge in [0.1, 0.15) is 17.5 Å². The molecule has 0 bridgehead atoms. The number of nitrogens with zero attached hydrogens (tertiary/aromatic N) is 3. The number of halogens is 6. The maximum Gasteiger partial charge on any atom is 0.416 e. The molecule has 1 atom stereocenters. The maximum absolute atomic E-state index is 15.1. The highest BCUT2D eigenvalue weighted by molar-refractivity contribution is 6.10. The van der Waals surface area contributed by atoms with E-state index in [1.807, 2.05) is 13.8 Å². The Kier molecular flexibility index (Phi) is 8.13. The largest absolute Gasteiger partial charge is 0.416 e. The molecule has 1 saturated heterocycles. The standard InChI is InChI=1S/C30H30F6N4O3/c1-3-38(4-2)20-10-18(11-20)16-40-24-13-17(6-5-8-39-9-7-37-28(39)42)12-21(30(34,35)36)25(24)29(43,27(40)41)26-22(32)14-19(31)15-23(26)33/h12-15,18,20,43H,3-4,7-11,16H2,1-2H3,(H,37,42)/t18-,20-,29?. The average molecular weight is 609 g/mol. The van der Waals surface area contributed by atoms with Gasteiger partial charge in [0.25, 0.3) is 5.91 Å². The number of hydrogen-bond acceptors (Lipinski definition) is 4. The molecule has 0 radical (unpaired) electrons. The Bertz CT molecular complexity index is 1490. The summed E-state index contributed by atoms with van der Waals surface area (Å²) in [6.45, 7) is 6.17. The van der Waals surface area contributed by atoms with Gasteiger partial charge >= 0.3 is 12.2 Å². The molecule has 3 aliphatic rings. The number of carbonyl (C=O) groups is 2. The van der Waals surface area contributed by atoms with Crippen molar-refractivity contribution in [1.29, 1.82) is 0 Å². The summed E-state index contributed by atoms with van der Waals surface area (Å²) in [5.41, 5.74) is -7.93. The van der Waals surface area contributed by atoms with Crippen LogP contribution in [0.3, 0.4) is 0 Å². The van der Waals surface area contributed by atoms with E-state index in [1.54, 1.807) is 0 Å². The van der Waals surface area contributed by atoms with E-state index in [-0.39, 0.29) is 54.5 Å². The first-order valence-corrected chi connectivity index (χ1v) is 14.0. The highest BCUT2D eigenvalue weighted by atomic mass is 19.4. The molecule has 230 valence electrons. The van der Waals surface area contributed by atoms with Crippen LogP contribution in [0.4, 0.5) is 36.8 Å². The third-order valence-corrected chi connectivity index (χ3v) is 8.43. The predicted molar refractivity (Wildman–Crippen MR) is 144 cm³/mol. The van der Waals surface area contributed by atoms with Crippen molar-refractivity contribution >= 4 is 17.6 Å². The van der Waals surface area contributed by atoms with E-state index in [1.165, 1.54) is 4.90 Å². The van der Waals surface area contributed by atoms with Crippen LogP contribution in [0.25, 0.3) is 0 Å². The number of alkyl halides is 3. The van der Waals surface area contributed by atoms with Gasteiger partial charge in [-0.2, -0.15) is 13.2 Å². The number of urea groups is 1. The fraction of sp³-hybridized carbons (Fsp3) is 0.467. The third kappa shape index (κ3) is 5.42. The van der Waals surface area contributed by atoms with Crippen LogP contribution >= 0.6 is 0 Å². The highest BCUT2D eigenvalue weighted by Gasteiger charge is 2.58. The Hall–Kier alpha value is -3.76. The van der Waals surface area contributed by atoms with Gasteiger partial charge in [0.2, 0.25) is 5.60 Å². The number of amides is 3. The maximum atomic E-state index is 15.1. The number of fused-ring (bicyclic) bond motifs is 1. The molecule has 7 nitrogen and oxygen atoms in total. The van der Waals surface area contributed by atoms with Gasteiger partial charge in [-0.05, 0) is 44.0 Å². The number of aliphatic hydroxyl groups is 1. The van der Waals surface area contributed by atoms with Crippen LogP contribution in [0, 0.1) is 35.2 Å². The van der Waals surface area contributed by atoms with E-state index in [9.17, 15) is 32.3 Å². The molecule has 1 saturated carbocycles. The molecule has 2 aliphatic heterocycles. The van der Waals surface area contributed by atoms with Gasteiger partial charge in [0.15, 0.2) is 0 Å². The monoisotopic (exact) mass is 608 g/mol. The van der Waals surface area contributed by atoms with Crippen molar-refractivity contribution in [2.24, 2.45) is 5.92 Å². The number of carbonyl (C=O) groups excluding carboxylic acids is 2. The molecule has 3 amide bonds. The smallest absolute Gasteiger partial charge is 0.371 e. The number of anilines is 1. The number of nitrogens with one attached hydrogen (secondary N) is 1. The first kappa shape index (κ1) is 30.7. The summed E-state index contributed by atoms with van der Waals surface area (Å²) in [4.78, 5) is 30.2. The fourth-order valence-corrected chi connectivity index (χ4v) is 6.27. The number of hydrogen-bond donors (Lipinski definition) is 2. The molecule has 0 spiro atoms. The summed E-state index contributed by atoms with van der Waals surface area (Å²) < 4.78 is 87.6. The molecular formula is C30H30F6N4O3. The molecule has 2 aromatic rings. The summed E-state index contributed by atoms with van der Waals surface area (Å²) in [5, 5.41) is 14.3. The number of rotatable bonds is 7. The second kappa shape index (κ2) is 11.4. The molecule has 2 heterocycles. The Morgan fingerprint density at radius 2 is 1.70 bits per heavy atom. The Morgan fingerprint density at radius 1 is 1.05 bits per heavy atom. The zero-order chi connectivity index (χ0) is 31.3. The topological polar surface area (TPSA) is 76.1 Å². The summed E-state index contributed by atoms with van der Waals surface area (Å²) in [6, 6.07) is 2.00. The molecule has 5 rings (SSSR count). The molecule has 43 heavy (non-hydrogen) atoms. The minimum Gasteiger partial charge on any atom is -0.371 e. The molecule has 13 heteroatoms. The Labute approximate surface area is 244 Å². The van der Waals surface area contributed by atoms with E-state index in [4.69, 9.17) is 0 Å². The minimum absolute atomic E-state index is 0.0718. The second-order valence-electron chi connectivity index (χ2n) is 11.0. The quantitative estimate of drug-likeness (QED) is 0.365. The van der Waals surface area contributed by atoms with Gasteiger partial charge < -0.3 is 25.1 Å². The van der Waals surface area contributed by atoms with Gasteiger partial charge in [-0.1, -0.05) is 25.7 Å². The van der Waals surface area contributed by atoms with Gasteiger partial charge in [0.05, 0.1) is 23.4 Å². The number of benzene rings is 2. The molecule has 1 unspecified atom stereocenters. The van der Waals surface area contributed by atoms with Crippen LogP contribution in [0.15, 0.2) is 24.3 Å². The van der Waals surface area contributed by atoms with E-state index >= 15 is 8.78 Å². The van der Waals surface area contributed by atoms with E-state index in [0.29, 0.717) is 32.0 Å². The fourth-order valence-electron chi connectivity index (χ4n) is 6.27. The lowest BCUT2D eigenvalue weighted by Crippen LogP contribution is -2.50. The normalized spacial score (nSPS) is 23.3. The van der Waals surface area contributed by atoms with Crippen LogP contribution in [0.2, 0.25) is 0 Å².